The van der Waals surface area contributed by atoms with Crippen LogP contribution < -0.4 is 0 Å². The average molecular weight is 354 g/mol. The molecule has 4 heteroatoms. The molecule has 146 valence electrons. The van der Waals surface area contributed by atoms with Gasteiger partial charge in [0.25, 0.3) is 0 Å². The molecule has 0 atom stereocenters. The summed E-state index contributed by atoms with van der Waals surface area (Å²) in [6.45, 7) is 7.93. The van der Waals surface area contributed by atoms with Gasteiger partial charge in [0.2, 0.25) is 5.91 Å². The molecule has 0 spiro atoms. The van der Waals surface area contributed by atoms with E-state index in [-0.39, 0.29) is 17.8 Å². The van der Waals surface area contributed by atoms with Crippen molar-refractivity contribution in [2.24, 2.45) is 11.8 Å². The van der Waals surface area contributed by atoms with Crippen molar-refractivity contribution < 1.29 is 14.3 Å². The molecule has 0 aliphatic heterocycles. The van der Waals surface area contributed by atoms with Gasteiger partial charge in [-0.2, -0.15) is 0 Å². The number of unbranched alkanes of at least 4 members (excludes halogenated alkanes) is 3. The number of nitrogens with zero attached hydrogens (tertiary/aromatic N) is 1. The van der Waals surface area contributed by atoms with Crippen LogP contribution in [0.25, 0.3) is 0 Å². The predicted octanol–water partition coefficient (Wildman–Crippen LogP) is 4.96. The molecule has 0 radical (unpaired) electrons. The van der Waals surface area contributed by atoms with Gasteiger partial charge in [-0.05, 0) is 44.9 Å². The third-order valence-corrected chi connectivity index (χ3v) is 5.40. The fourth-order valence-electron chi connectivity index (χ4n) is 3.79. The molecule has 0 heterocycles. The number of hydrogen-bond donors (Lipinski definition) is 0. The van der Waals surface area contributed by atoms with Gasteiger partial charge >= 0.3 is 5.97 Å². The summed E-state index contributed by atoms with van der Waals surface area (Å²) < 4.78 is 5.02. The molecule has 0 aromatic carbocycles. The van der Waals surface area contributed by atoms with E-state index in [1.807, 2.05) is 11.8 Å². The maximum absolute atomic E-state index is 13.0. The Hall–Kier alpha value is -1.06. The molecule has 1 rings (SSSR count). The Bertz CT molecular complexity index is 375. The number of carbonyl (C=O) groups excluding carboxylic acids is 2. The SMILES string of the molecule is CCCCCN(CCC(=O)OCC)C(=O)C1CCC(CCCC)CC1. The zero-order valence-corrected chi connectivity index (χ0v) is 16.7. The maximum atomic E-state index is 13.0. The molecule has 0 aromatic rings. The van der Waals surface area contributed by atoms with Crippen LogP contribution in [0.15, 0.2) is 0 Å². The minimum absolute atomic E-state index is 0.168. The normalized spacial score (nSPS) is 20.3. The van der Waals surface area contributed by atoms with Crippen LogP contribution in [0.1, 0.15) is 91.4 Å². The van der Waals surface area contributed by atoms with E-state index in [1.165, 1.54) is 32.1 Å². The Balaban J connectivity index is 2.49. The molecule has 0 saturated heterocycles. The van der Waals surface area contributed by atoms with Crippen molar-refractivity contribution in [1.29, 1.82) is 0 Å². The van der Waals surface area contributed by atoms with E-state index in [0.29, 0.717) is 19.6 Å². The molecule has 0 unspecified atom stereocenters. The highest BCUT2D eigenvalue weighted by atomic mass is 16.5. The highest BCUT2D eigenvalue weighted by Crippen LogP contribution is 2.33. The van der Waals surface area contributed by atoms with Crippen molar-refractivity contribution in [2.75, 3.05) is 19.7 Å². The first kappa shape index (κ1) is 22.0. The van der Waals surface area contributed by atoms with Crippen molar-refractivity contribution >= 4 is 11.9 Å². The van der Waals surface area contributed by atoms with Crippen LogP contribution in [-0.2, 0) is 14.3 Å². The second-order valence-electron chi connectivity index (χ2n) is 7.45. The Morgan fingerprint density at radius 1 is 0.920 bits per heavy atom. The van der Waals surface area contributed by atoms with Crippen LogP contribution in [-0.4, -0.2) is 36.5 Å². The van der Waals surface area contributed by atoms with Gasteiger partial charge in [0.15, 0.2) is 0 Å². The molecule has 25 heavy (non-hydrogen) atoms. The summed E-state index contributed by atoms with van der Waals surface area (Å²) in [5, 5.41) is 0. The largest absolute Gasteiger partial charge is 0.466 e. The highest BCUT2D eigenvalue weighted by molar-refractivity contribution is 5.79. The lowest BCUT2D eigenvalue weighted by molar-refractivity contribution is -0.144. The van der Waals surface area contributed by atoms with Gasteiger partial charge in [0.05, 0.1) is 13.0 Å². The molecule has 1 fully saturated rings. The summed E-state index contributed by atoms with van der Waals surface area (Å²) in [4.78, 5) is 26.6. The van der Waals surface area contributed by atoms with Crippen LogP contribution in [0.5, 0.6) is 0 Å². The van der Waals surface area contributed by atoms with Crippen LogP contribution in [0.4, 0.5) is 0 Å². The second kappa shape index (κ2) is 13.2. The van der Waals surface area contributed by atoms with E-state index < -0.39 is 0 Å². The van der Waals surface area contributed by atoms with E-state index in [9.17, 15) is 9.59 Å². The van der Waals surface area contributed by atoms with Crippen molar-refractivity contribution in [1.82, 2.24) is 4.90 Å². The number of ether oxygens (including phenoxy) is 1. The van der Waals surface area contributed by atoms with Gasteiger partial charge in [0.1, 0.15) is 0 Å². The van der Waals surface area contributed by atoms with Crippen molar-refractivity contribution in [3.8, 4) is 0 Å². The number of carbonyl (C=O) groups is 2. The Morgan fingerprint density at radius 3 is 2.20 bits per heavy atom. The smallest absolute Gasteiger partial charge is 0.307 e. The summed E-state index contributed by atoms with van der Waals surface area (Å²) >= 11 is 0. The van der Waals surface area contributed by atoms with Crippen LogP contribution in [0, 0.1) is 11.8 Å². The quantitative estimate of drug-likeness (QED) is 0.368. The van der Waals surface area contributed by atoms with Gasteiger partial charge in [0, 0.05) is 19.0 Å². The average Bonchev–Trinajstić information content (AvgIpc) is 2.63. The Labute approximate surface area is 154 Å². The van der Waals surface area contributed by atoms with E-state index in [1.54, 1.807) is 0 Å². The molecule has 1 amide bonds. The third kappa shape index (κ3) is 8.73. The van der Waals surface area contributed by atoms with Gasteiger partial charge in [-0.15, -0.1) is 0 Å². The summed E-state index contributed by atoms with van der Waals surface area (Å²) in [6, 6.07) is 0. The molecule has 1 saturated carbocycles. The summed E-state index contributed by atoms with van der Waals surface area (Å²) in [6.07, 6.45) is 11.9. The van der Waals surface area contributed by atoms with E-state index in [0.717, 1.165) is 44.6 Å². The monoisotopic (exact) mass is 353 g/mol. The summed E-state index contributed by atoms with van der Waals surface area (Å²) in [7, 11) is 0. The first-order chi connectivity index (χ1) is 12.1. The van der Waals surface area contributed by atoms with Crippen LogP contribution in [0.3, 0.4) is 0 Å². The maximum Gasteiger partial charge on any atom is 0.307 e. The minimum Gasteiger partial charge on any atom is -0.466 e. The Kier molecular flexibility index (Phi) is 11.6. The second-order valence-corrected chi connectivity index (χ2v) is 7.45. The molecule has 1 aliphatic rings. The molecule has 0 aromatic heterocycles. The first-order valence-corrected chi connectivity index (χ1v) is 10.6. The topological polar surface area (TPSA) is 46.6 Å². The van der Waals surface area contributed by atoms with Gasteiger partial charge in [-0.1, -0.05) is 46.0 Å². The number of hydrogen-bond acceptors (Lipinski definition) is 3. The zero-order chi connectivity index (χ0) is 18.5. The van der Waals surface area contributed by atoms with Crippen molar-refractivity contribution in [3.05, 3.63) is 0 Å². The minimum atomic E-state index is -0.195. The molecule has 4 nitrogen and oxygen atoms in total. The van der Waals surface area contributed by atoms with Crippen molar-refractivity contribution in [2.45, 2.75) is 91.4 Å². The van der Waals surface area contributed by atoms with Gasteiger partial charge < -0.3 is 9.64 Å². The summed E-state index contributed by atoms with van der Waals surface area (Å²) in [5.74, 6) is 1.06. The number of rotatable bonds is 12. The molecular formula is C21H39NO3. The van der Waals surface area contributed by atoms with Gasteiger partial charge in [-0.25, -0.2) is 0 Å². The van der Waals surface area contributed by atoms with Crippen LogP contribution >= 0.6 is 0 Å². The van der Waals surface area contributed by atoms with E-state index in [2.05, 4.69) is 13.8 Å². The lowest BCUT2D eigenvalue weighted by Gasteiger charge is -2.32. The zero-order valence-electron chi connectivity index (χ0n) is 16.7. The standard InChI is InChI=1S/C21H39NO3/c1-4-7-9-16-22(17-15-20(23)25-6-3)21(24)19-13-11-18(12-14-19)10-8-5-2/h18-19H,4-17H2,1-3H3. The fraction of sp³-hybridized carbons (Fsp3) is 0.905. The third-order valence-electron chi connectivity index (χ3n) is 5.40. The van der Waals surface area contributed by atoms with Crippen molar-refractivity contribution in [3.63, 3.8) is 0 Å². The fourth-order valence-corrected chi connectivity index (χ4v) is 3.79. The Morgan fingerprint density at radius 2 is 1.60 bits per heavy atom. The molecular weight excluding hydrogens is 314 g/mol. The molecule has 1 aliphatic carbocycles. The number of amides is 1. The van der Waals surface area contributed by atoms with E-state index in [4.69, 9.17) is 4.74 Å². The highest BCUT2D eigenvalue weighted by Gasteiger charge is 2.29. The molecule has 0 bridgehead atoms. The van der Waals surface area contributed by atoms with Gasteiger partial charge in [-0.3, -0.25) is 9.59 Å². The lowest BCUT2D eigenvalue weighted by Crippen LogP contribution is -2.39. The molecule has 0 N–H and O–H groups in total. The summed E-state index contributed by atoms with van der Waals surface area (Å²) in [5.41, 5.74) is 0. The lowest BCUT2D eigenvalue weighted by atomic mass is 9.79. The van der Waals surface area contributed by atoms with Crippen LogP contribution in [0.2, 0.25) is 0 Å². The van der Waals surface area contributed by atoms with E-state index >= 15 is 0 Å². The first-order valence-electron chi connectivity index (χ1n) is 10.6. The predicted molar refractivity (Wildman–Crippen MR) is 102 cm³/mol. The number of esters is 1.